The molecule has 1 aliphatic heterocycles. The molecule has 0 aromatic heterocycles. The Morgan fingerprint density at radius 1 is 0.945 bits per heavy atom. The minimum atomic E-state index is -4.16. The molecule has 0 radical (unpaired) electrons. The van der Waals surface area contributed by atoms with E-state index in [2.05, 4.69) is 16.5 Å². The zero-order valence-corrected chi connectivity index (χ0v) is 33.2. The van der Waals surface area contributed by atoms with Gasteiger partial charge in [0.15, 0.2) is 0 Å². The molecule has 55 heavy (non-hydrogen) atoms. The minimum absolute atomic E-state index is 0.104. The Morgan fingerprint density at radius 2 is 1.69 bits per heavy atom. The summed E-state index contributed by atoms with van der Waals surface area (Å²) in [5.74, 6) is -1.73. The van der Waals surface area contributed by atoms with Gasteiger partial charge in [0.2, 0.25) is 0 Å². The highest BCUT2D eigenvalue weighted by atomic mass is 32.2. The molecule has 5 aliphatic carbocycles. The van der Waals surface area contributed by atoms with E-state index in [4.69, 9.17) is 18.9 Å². The van der Waals surface area contributed by atoms with E-state index >= 15 is 0 Å². The number of aliphatic hydroxyl groups is 2. The summed E-state index contributed by atoms with van der Waals surface area (Å²) in [6.07, 6.45) is 1.40. The molecule has 5 saturated carbocycles. The van der Waals surface area contributed by atoms with E-state index in [9.17, 15) is 23.4 Å². The van der Waals surface area contributed by atoms with Gasteiger partial charge in [-0.25, -0.2) is 13.2 Å². The molecule has 6 aliphatic rings. The van der Waals surface area contributed by atoms with Crippen molar-refractivity contribution in [2.75, 3.05) is 58.1 Å². The Bertz CT molecular complexity index is 2150. The van der Waals surface area contributed by atoms with Crippen LogP contribution in [0.15, 0.2) is 65.6 Å². The number of hydrogen-bond donors (Lipinski definition) is 3. The molecule has 1 unspecified atom stereocenters. The topological polar surface area (TPSA) is 147 Å². The number of methoxy groups -OCH3 is 3. The lowest BCUT2D eigenvalue weighted by Crippen LogP contribution is -2.83. The van der Waals surface area contributed by atoms with Crippen LogP contribution in [0.4, 0.5) is 11.4 Å². The predicted octanol–water partition coefficient (Wildman–Crippen LogP) is 4.28. The zero-order chi connectivity index (χ0) is 38.9. The number of anilines is 2. The molecule has 12 nitrogen and oxygen atoms in total. The van der Waals surface area contributed by atoms with Crippen molar-refractivity contribution < 1.29 is 42.4 Å². The molecule has 1 spiro atoms. The summed E-state index contributed by atoms with van der Waals surface area (Å²) >= 11 is 0. The summed E-state index contributed by atoms with van der Waals surface area (Å²) in [6.45, 7) is 3.20. The highest BCUT2D eigenvalue weighted by Crippen LogP contribution is 2.79. The SMILES string of the molecule is CCN1C[C@]2(OC(=O)c3ccccc3NS(=O)(=O)c3cccc4c(N(C)C)cccc34)CC[C@H](OC)[C@]34C1[C@H](C[C@H]23)[C@@]1(O)C[C@H](OC)[C@H]2C[C@@H]4[C@]1(O)[C@H]2OC. The molecule has 1 heterocycles. The largest absolute Gasteiger partial charge is 0.454 e. The van der Waals surface area contributed by atoms with Gasteiger partial charge in [0.25, 0.3) is 10.0 Å². The molecule has 13 heteroatoms. The lowest BCUT2D eigenvalue weighted by molar-refractivity contribution is -0.337. The standard InChI is InChI=1S/C42H53N3O9S/c1-7-45-23-39(54-38(46)26-12-8-9-15-29(26)43-55(49,50)32-17-11-13-24-25(32)14-10-16-30(24)44(2)3)19-18-35(52-5)41-33(39)21-28(36(41)45)40(47)22-31(51-4)27-20-34(41)42(40,48)37(27)53-6/h8-17,27-28,31,33-37,43,47-48H,7,18-23H2,1-6H3/t27-,28+,31+,33-,34+,35+,36?,37+,39-,40+,41+,42+/m1/s1. The van der Waals surface area contributed by atoms with Gasteiger partial charge in [-0.05, 0) is 56.5 Å². The third kappa shape index (κ3) is 4.66. The van der Waals surface area contributed by atoms with Crippen LogP contribution in [0.1, 0.15) is 49.4 Å². The Morgan fingerprint density at radius 3 is 2.40 bits per heavy atom. The number of para-hydroxylation sites is 1. The molecule has 296 valence electrons. The van der Waals surface area contributed by atoms with Crippen molar-refractivity contribution in [3.63, 3.8) is 0 Å². The fourth-order valence-corrected chi connectivity index (χ4v) is 14.8. The first kappa shape index (κ1) is 37.3. The van der Waals surface area contributed by atoms with E-state index in [0.29, 0.717) is 50.6 Å². The van der Waals surface area contributed by atoms with Crippen LogP contribution < -0.4 is 9.62 Å². The van der Waals surface area contributed by atoms with Crippen LogP contribution in [0.5, 0.6) is 0 Å². The molecule has 0 amide bonds. The third-order valence-electron chi connectivity index (χ3n) is 15.2. The van der Waals surface area contributed by atoms with Crippen LogP contribution in [0, 0.1) is 29.1 Å². The maximum absolute atomic E-state index is 14.7. The maximum Gasteiger partial charge on any atom is 0.340 e. The van der Waals surface area contributed by atoms with Crippen molar-refractivity contribution in [1.82, 2.24) is 4.90 Å². The molecule has 7 bridgehead atoms. The number of likely N-dealkylation sites (N-methyl/N-ethyl adjacent to an activating group) is 1. The van der Waals surface area contributed by atoms with E-state index < -0.39 is 50.2 Å². The Hall–Kier alpha value is -3.30. The summed E-state index contributed by atoms with van der Waals surface area (Å²) in [6, 6.07) is 17.2. The average Bonchev–Trinajstić information content (AvgIpc) is 3.60. The second-order valence-corrected chi connectivity index (χ2v) is 18.8. The number of carbonyl (C=O) groups excluding carboxylic acids is 1. The molecule has 3 aromatic rings. The second-order valence-electron chi connectivity index (χ2n) is 17.1. The number of esters is 1. The number of ether oxygens (including phenoxy) is 4. The first-order valence-electron chi connectivity index (χ1n) is 19.6. The minimum Gasteiger partial charge on any atom is -0.454 e. The molecule has 1 saturated heterocycles. The van der Waals surface area contributed by atoms with E-state index in [1.807, 2.05) is 37.2 Å². The summed E-state index contributed by atoms with van der Waals surface area (Å²) in [4.78, 5) is 19.1. The molecule has 9 rings (SSSR count). The van der Waals surface area contributed by atoms with Crippen LogP contribution in [-0.2, 0) is 29.0 Å². The van der Waals surface area contributed by atoms with Crippen molar-refractivity contribution in [2.24, 2.45) is 29.1 Å². The molecule has 12 atom stereocenters. The fourth-order valence-electron chi connectivity index (χ4n) is 13.5. The highest BCUT2D eigenvalue weighted by molar-refractivity contribution is 7.93. The lowest BCUT2D eigenvalue weighted by Gasteiger charge is -2.70. The quantitative estimate of drug-likeness (QED) is 0.254. The normalized spacial score (nSPS) is 39.9. The van der Waals surface area contributed by atoms with E-state index in [1.54, 1.807) is 63.8 Å². The predicted molar refractivity (Wildman–Crippen MR) is 206 cm³/mol. The van der Waals surface area contributed by atoms with Gasteiger partial charge in [-0.2, -0.15) is 0 Å². The highest BCUT2D eigenvalue weighted by Gasteiger charge is 2.89. The molecular weight excluding hydrogens is 723 g/mol. The van der Waals surface area contributed by atoms with Crippen LogP contribution >= 0.6 is 0 Å². The van der Waals surface area contributed by atoms with Gasteiger partial charge >= 0.3 is 5.97 Å². The van der Waals surface area contributed by atoms with Gasteiger partial charge in [-0.3, -0.25) is 9.62 Å². The van der Waals surface area contributed by atoms with Gasteiger partial charge in [0, 0.05) is 100.0 Å². The molecule has 6 fully saturated rings. The Kier molecular flexibility index (Phi) is 8.54. The Balaban J connectivity index is 1.10. The van der Waals surface area contributed by atoms with Crippen LogP contribution in [-0.4, -0.2) is 119 Å². The van der Waals surface area contributed by atoms with Crippen molar-refractivity contribution in [3.05, 3.63) is 66.2 Å². The van der Waals surface area contributed by atoms with Crippen LogP contribution in [0.25, 0.3) is 10.8 Å². The van der Waals surface area contributed by atoms with Crippen molar-refractivity contribution >= 4 is 38.1 Å². The summed E-state index contributed by atoms with van der Waals surface area (Å²) in [7, 11) is 4.68. The first-order chi connectivity index (χ1) is 26.3. The molecule has 3 aromatic carbocycles. The Labute approximate surface area is 323 Å². The molecular formula is C42H53N3O9S. The maximum atomic E-state index is 14.7. The third-order valence-corrected chi connectivity index (χ3v) is 16.6. The summed E-state index contributed by atoms with van der Waals surface area (Å²) in [5, 5.41) is 27.4. The number of hydrogen-bond acceptors (Lipinski definition) is 11. The number of fused-ring (bicyclic) bond motifs is 3. The first-order valence-corrected chi connectivity index (χ1v) is 21.1. The number of benzene rings is 3. The van der Waals surface area contributed by atoms with Crippen LogP contribution in [0.2, 0.25) is 0 Å². The van der Waals surface area contributed by atoms with Crippen molar-refractivity contribution in [2.45, 2.75) is 85.1 Å². The van der Waals surface area contributed by atoms with E-state index in [1.165, 1.54) is 0 Å². The zero-order valence-electron chi connectivity index (χ0n) is 32.4. The van der Waals surface area contributed by atoms with Crippen molar-refractivity contribution in [1.29, 1.82) is 0 Å². The number of carbonyl (C=O) groups is 1. The van der Waals surface area contributed by atoms with Gasteiger partial charge in [-0.15, -0.1) is 0 Å². The van der Waals surface area contributed by atoms with E-state index in [0.717, 1.165) is 11.1 Å². The number of nitrogens with zero attached hydrogens (tertiary/aromatic N) is 2. The van der Waals surface area contributed by atoms with E-state index in [-0.39, 0.29) is 52.1 Å². The number of likely N-dealkylation sites (tertiary alicyclic amines) is 1. The van der Waals surface area contributed by atoms with Crippen LogP contribution in [0.3, 0.4) is 0 Å². The number of rotatable bonds is 10. The fraction of sp³-hybridized carbons (Fsp3) is 0.595. The smallest absolute Gasteiger partial charge is 0.340 e. The number of piperidine rings is 1. The summed E-state index contributed by atoms with van der Waals surface area (Å²) < 4.78 is 56.5. The summed E-state index contributed by atoms with van der Waals surface area (Å²) in [5.41, 5.74) is -3.55. The second kappa shape index (κ2) is 12.6. The van der Waals surface area contributed by atoms with Gasteiger partial charge < -0.3 is 34.1 Å². The van der Waals surface area contributed by atoms with Gasteiger partial charge in [-0.1, -0.05) is 43.3 Å². The monoisotopic (exact) mass is 775 g/mol. The number of nitrogens with one attached hydrogen (secondary N) is 1. The van der Waals surface area contributed by atoms with Gasteiger partial charge in [0.05, 0.1) is 34.5 Å². The van der Waals surface area contributed by atoms with Gasteiger partial charge in [0.1, 0.15) is 16.8 Å². The average molecular weight is 776 g/mol. The van der Waals surface area contributed by atoms with Crippen molar-refractivity contribution in [3.8, 4) is 0 Å². The number of sulfonamides is 1. The molecule has 3 N–H and O–H groups in total. The lowest BCUT2D eigenvalue weighted by atomic mass is 9.44.